The van der Waals surface area contributed by atoms with Gasteiger partial charge in [0, 0.05) is 44.3 Å². The monoisotopic (exact) mass is 535 g/mol. The van der Waals surface area contributed by atoms with Crippen LogP contribution >= 0.6 is 0 Å². The van der Waals surface area contributed by atoms with E-state index in [4.69, 9.17) is 14.4 Å². The first-order valence-electron chi connectivity index (χ1n) is 14.2. The molecule has 4 aromatic heterocycles. The van der Waals surface area contributed by atoms with E-state index in [-0.39, 0.29) is 0 Å². The molecule has 0 saturated carbocycles. The van der Waals surface area contributed by atoms with Crippen molar-refractivity contribution in [3.8, 4) is 39.5 Å². The van der Waals surface area contributed by atoms with Gasteiger partial charge in [0.25, 0.3) is 0 Å². The highest BCUT2D eigenvalue weighted by molar-refractivity contribution is 6.15. The number of aromatic nitrogens is 3. The number of nitrogens with zero attached hydrogens (tertiary/aromatic N) is 3. The molecular formula is C38H21N3O. The molecule has 0 atom stereocenters. The van der Waals surface area contributed by atoms with E-state index in [1.807, 2.05) is 24.4 Å². The third-order valence-electron chi connectivity index (χ3n) is 8.77. The van der Waals surface area contributed by atoms with Crippen LogP contribution in [-0.4, -0.2) is 14.5 Å². The molecule has 4 nitrogen and oxygen atoms in total. The van der Waals surface area contributed by atoms with Crippen LogP contribution < -0.4 is 0 Å². The molecule has 42 heavy (non-hydrogen) atoms. The minimum atomic E-state index is 0.910. The molecule has 0 spiro atoms. The van der Waals surface area contributed by atoms with Gasteiger partial charge in [0.05, 0.1) is 22.4 Å². The van der Waals surface area contributed by atoms with Gasteiger partial charge in [0.2, 0.25) is 0 Å². The van der Waals surface area contributed by atoms with Gasteiger partial charge in [-0.05, 0) is 71.1 Å². The van der Waals surface area contributed by atoms with Crippen molar-refractivity contribution < 1.29 is 4.42 Å². The lowest BCUT2D eigenvalue weighted by molar-refractivity contribution is 0.669. The second-order valence-corrected chi connectivity index (χ2v) is 11.0. The largest absolute Gasteiger partial charge is 0.456 e. The van der Waals surface area contributed by atoms with E-state index in [0.29, 0.717) is 0 Å². The fourth-order valence-corrected chi connectivity index (χ4v) is 6.92. The standard InChI is InChI=1S/C38H21N3O/c1-3-12-31-25(8-1)29-19-22(23-15-17-34-30(20-23)26-9-2-4-13-33(26)42-34)14-16-32(29)41(31)35-21-24-7-5-10-27-36(24)38(40-35)28-11-6-18-39-37(27)28/h1-21H. The average Bonchev–Trinajstić information content (AvgIpc) is 3.69. The number of fused-ring (bicyclic) bond motifs is 9. The van der Waals surface area contributed by atoms with Crippen LogP contribution in [0.25, 0.3) is 94.0 Å². The Morgan fingerprint density at radius 1 is 0.524 bits per heavy atom. The van der Waals surface area contributed by atoms with Gasteiger partial charge in [-0.1, -0.05) is 66.7 Å². The summed E-state index contributed by atoms with van der Waals surface area (Å²) in [5, 5.41) is 7.04. The molecule has 0 amide bonds. The number of furan rings is 1. The molecule has 4 heterocycles. The van der Waals surface area contributed by atoms with Gasteiger partial charge in [0.15, 0.2) is 0 Å². The van der Waals surface area contributed by atoms with Gasteiger partial charge < -0.3 is 4.42 Å². The van der Waals surface area contributed by atoms with E-state index in [0.717, 1.165) is 61.3 Å². The summed E-state index contributed by atoms with van der Waals surface area (Å²) in [5.41, 5.74) is 10.7. The minimum absolute atomic E-state index is 0.910. The Morgan fingerprint density at radius 2 is 1.29 bits per heavy atom. The van der Waals surface area contributed by atoms with Crippen LogP contribution in [0.4, 0.5) is 0 Å². The first-order chi connectivity index (χ1) is 20.8. The molecule has 0 N–H and O–H groups in total. The van der Waals surface area contributed by atoms with Crippen molar-refractivity contribution in [1.29, 1.82) is 0 Å². The van der Waals surface area contributed by atoms with Crippen LogP contribution in [0.15, 0.2) is 132 Å². The van der Waals surface area contributed by atoms with Crippen LogP contribution in [0.1, 0.15) is 0 Å². The number of pyridine rings is 2. The van der Waals surface area contributed by atoms with Crippen LogP contribution in [0.3, 0.4) is 0 Å². The minimum Gasteiger partial charge on any atom is -0.456 e. The van der Waals surface area contributed by atoms with Crippen LogP contribution in [0.2, 0.25) is 0 Å². The van der Waals surface area contributed by atoms with E-state index in [1.165, 1.54) is 32.7 Å². The fraction of sp³-hybridized carbons (Fsp3) is 0. The number of benzene rings is 5. The Kier molecular flexibility index (Phi) is 4.15. The predicted molar refractivity (Wildman–Crippen MR) is 171 cm³/mol. The first-order valence-corrected chi connectivity index (χ1v) is 14.2. The maximum Gasteiger partial charge on any atom is 0.138 e. The van der Waals surface area contributed by atoms with Crippen LogP contribution in [-0.2, 0) is 0 Å². The maximum atomic E-state index is 6.08. The summed E-state index contributed by atoms with van der Waals surface area (Å²) in [4.78, 5) is 10.0. The smallest absolute Gasteiger partial charge is 0.138 e. The summed E-state index contributed by atoms with van der Waals surface area (Å²) in [6.45, 7) is 0. The zero-order chi connectivity index (χ0) is 27.4. The zero-order valence-corrected chi connectivity index (χ0v) is 22.4. The quantitative estimate of drug-likeness (QED) is 0.221. The molecule has 0 radical (unpaired) electrons. The lowest BCUT2D eigenvalue weighted by Crippen LogP contribution is -1.98. The topological polar surface area (TPSA) is 43.9 Å². The predicted octanol–water partition coefficient (Wildman–Crippen LogP) is 9.94. The lowest BCUT2D eigenvalue weighted by atomic mass is 10.0. The van der Waals surface area contributed by atoms with E-state index in [1.54, 1.807) is 0 Å². The van der Waals surface area contributed by atoms with Crippen molar-refractivity contribution in [3.63, 3.8) is 0 Å². The summed E-state index contributed by atoms with van der Waals surface area (Å²) < 4.78 is 8.39. The van der Waals surface area contributed by atoms with Crippen LogP contribution in [0, 0.1) is 0 Å². The van der Waals surface area contributed by atoms with Gasteiger partial charge in [-0.15, -0.1) is 0 Å². The van der Waals surface area contributed by atoms with E-state index >= 15 is 0 Å². The molecule has 0 unspecified atom stereocenters. The normalized spacial score (nSPS) is 12.3. The molecule has 10 rings (SSSR count). The molecule has 1 aliphatic carbocycles. The Balaban J connectivity index is 1.22. The molecule has 194 valence electrons. The summed E-state index contributed by atoms with van der Waals surface area (Å²) >= 11 is 0. The molecule has 0 bridgehead atoms. The van der Waals surface area contributed by atoms with Crippen molar-refractivity contribution in [3.05, 3.63) is 128 Å². The van der Waals surface area contributed by atoms with Gasteiger partial charge in [-0.25, -0.2) is 4.98 Å². The van der Waals surface area contributed by atoms with Crippen molar-refractivity contribution in [2.45, 2.75) is 0 Å². The maximum absolute atomic E-state index is 6.08. The molecule has 1 aliphatic rings. The van der Waals surface area contributed by atoms with Gasteiger partial charge in [0.1, 0.15) is 17.0 Å². The third kappa shape index (κ3) is 2.85. The second kappa shape index (κ2) is 7.93. The van der Waals surface area contributed by atoms with E-state index < -0.39 is 0 Å². The Morgan fingerprint density at radius 3 is 2.24 bits per heavy atom. The molecule has 9 aromatic rings. The van der Waals surface area contributed by atoms with Gasteiger partial charge >= 0.3 is 0 Å². The fourth-order valence-electron chi connectivity index (χ4n) is 6.92. The molecule has 4 heteroatoms. The highest BCUT2D eigenvalue weighted by atomic mass is 16.3. The van der Waals surface area contributed by atoms with Crippen molar-refractivity contribution in [2.24, 2.45) is 0 Å². The Labute approximate surface area is 240 Å². The molecule has 0 fully saturated rings. The number of hydrogen-bond donors (Lipinski definition) is 0. The summed E-state index contributed by atoms with van der Waals surface area (Å²) in [6, 6.07) is 42.9. The third-order valence-corrected chi connectivity index (χ3v) is 8.77. The molecule has 5 aromatic carbocycles. The number of rotatable bonds is 2. The number of hydrogen-bond acceptors (Lipinski definition) is 3. The Hall–Kier alpha value is -5.74. The van der Waals surface area contributed by atoms with E-state index in [2.05, 4.69) is 108 Å². The Bertz CT molecular complexity index is 2590. The van der Waals surface area contributed by atoms with Crippen molar-refractivity contribution in [1.82, 2.24) is 14.5 Å². The first kappa shape index (κ1) is 22.0. The molecular weight excluding hydrogens is 514 g/mol. The SMILES string of the molecule is c1cnc2c(c1)-c1nc(-n3c4ccccc4c4cc(-c5ccc6oc7ccccc7c6c5)ccc43)cc3cccc-2c13. The summed E-state index contributed by atoms with van der Waals surface area (Å²) in [6.07, 6.45) is 1.86. The number of para-hydroxylation sites is 2. The van der Waals surface area contributed by atoms with Crippen LogP contribution in [0.5, 0.6) is 0 Å². The molecule has 0 aliphatic heterocycles. The van der Waals surface area contributed by atoms with Crippen molar-refractivity contribution >= 4 is 54.5 Å². The second-order valence-electron chi connectivity index (χ2n) is 11.0. The van der Waals surface area contributed by atoms with Gasteiger partial charge in [-0.3, -0.25) is 9.55 Å². The highest BCUT2D eigenvalue weighted by Crippen LogP contribution is 2.46. The van der Waals surface area contributed by atoms with Crippen molar-refractivity contribution in [2.75, 3.05) is 0 Å². The molecule has 0 saturated heterocycles. The zero-order valence-electron chi connectivity index (χ0n) is 22.4. The van der Waals surface area contributed by atoms with Gasteiger partial charge in [-0.2, -0.15) is 0 Å². The average molecular weight is 536 g/mol. The highest BCUT2D eigenvalue weighted by Gasteiger charge is 2.25. The van der Waals surface area contributed by atoms with E-state index in [9.17, 15) is 0 Å². The lowest BCUT2D eigenvalue weighted by Gasteiger charge is -2.11. The summed E-state index contributed by atoms with van der Waals surface area (Å²) in [5.74, 6) is 0.914. The summed E-state index contributed by atoms with van der Waals surface area (Å²) in [7, 11) is 0.